The molecule has 4 amide bonds. The second-order valence-corrected chi connectivity index (χ2v) is 8.33. The summed E-state index contributed by atoms with van der Waals surface area (Å²) in [7, 11) is 0. The standard InChI is InChI=1S/C23H27FN4O6/c24-14-7-4-8-15(10-14)26-22(33)28-17-11-23(34,12-18(29)19(17)30)21(32)27-16(20(25)31)9-13-5-2-1-3-6-13/h1-8,10,16-19,29-30,34H,9,11-12H2,(H2,25,31)(H,27,32)(H2,26,28,33). The van der Waals surface area contributed by atoms with Gasteiger partial charge in [-0.05, 0) is 23.8 Å². The van der Waals surface area contributed by atoms with E-state index in [1.807, 2.05) is 0 Å². The molecule has 2 aromatic rings. The van der Waals surface area contributed by atoms with E-state index in [-0.39, 0.29) is 12.1 Å². The Morgan fingerprint density at radius 1 is 1.09 bits per heavy atom. The van der Waals surface area contributed by atoms with Crippen LogP contribution in [-0.4, -0.2) is 63.1 Å². The number of hydrogen-bond donors (Lipinski definition) is 7. The van der Waals surface area contributed by atoms with E-state index in [1.54, 1.807) is 30.3 Å². The summed E-state index contributed by atoms with van der Waals surface area (Å²) in [5.74, 6) is -2.37. The van der Waals surface area contributed by atoms with Gasteiger partial charge in [-0.1, -0.05) is 36.4 Å². The van der Waals surface area contributed by atoms with Gasteiger partial charge in [0, 0.05) is 24.9 Å². The number of rotatable bonds is 7. The quantitative estimate of drug-likeness (QED) is 0.292. The first-order valence-electron chi connectivity index (χ1n) is 10.6. The molecule has 34 heavy (non-hydrogen) atoms. The number of hydrogen-bond acceptors (Lipinski definition) is 6. The lowest BCUT2D eigenvalue weighted by Crippen LogP contribution is -2.64. The summed E-state index contributed by atoms with van der Waals surface area (Å²) in [6.07, 6.45) is -3.93. The summed E-state index contributed by atoms with van der Waals surface area (Å²) < 4.78 is 13.3. The van der Waals surface area contributed by atoms with E-state index in [2.05, 4.69) is 16.0 Å². The Kier molecular flexibility index (Phi) is 7.82. The predicted molar refractivity (Wildman–Crippen MR) is 120 cm³/mol. The molecule has 2 aromatic carbocycles. The third-order valence-electron chi connectivity index (χ3n) is 5.66. The van der Waals surface area contributed by atoms with Gasteiger partial charge in [0.05, 0.1) is 12.1 Å². The first-order valence-corrected chi connectivity index (χ1v) is 10.6. The summed E-state index contributed by atoms with van der Waals surface area (Å²) >= 11 is 0. The summed E-state index contributed by atoms with van der Waals surface area (Å²) in [6.45, 7) is 0. The van der Waals surface area contributed by atoms with E-state index >= 15 is 0 Å². The van der Waals surface area contributed by atoms with E-state index in [1.165, 1.54) is 18.2 Å². The van der Waals surface area contributed by atoms with Gasteiger partial charge in [0.15, 0.2) is 0 Å². The Morgan fingerprint density at radius 2 is 1.79 bits per heavy atom. The summed E-state index contributed by atoms with van der Waals surface area (Å²) in [5.41, 5.74) is 4.08. The maximum Gasteiger partial charge on any atom is 0.319 e. The molecule has 1 saturated carbocycles. The third kappa shape index (κ3) is 6.28. The molecule has 1 aliphatic rings. The summed E-state index contributed by atoms with van der Waals surface area (Å²) in [6, 6.07) is 10.7. The molecule has 0 bridgehead atoms. The molecule has 0 saturated heterocycles. The van der Waals surface area contributed by atoms with Crippen LogP contribution in [0.25, 0.3) is 0 Å². The number of carbonyl (C=O) groups excluding carboxylic acids is 3. The van der Waals surface area contributed by atoms with Crippen molar-refractivity contribution in [2.45, 2.75) is 49.2 Å². The Bertz CT molecular complexity index is 1040. The zero-order valence-electron chi connectivity index (χ0n) is 18.1. The fraction of sp³-hybridized carbons (Fsp3) is 0.348. The number of carbonyl (C=O) groups is 3. The first-order chi connectivity index (χ1) is 16.1. The number of aliphatic hydroxyl groups excluding tert-OH is 2. The van der Waals surface area contributed by atoms with Crippen LogP contribution in [-0.2, 0) is 16.0 Å². The van der Waals surface area contributed by atoms with Crippen molar-refractivity contribution in [1.29, 1.82) is 0 Å². The molecule has 0 aliphatic heterocycles. The highest BCUT2D eigenvalue weighted by Crippen LogP contribution is 2.30. The van der Waals surface area contributed by atoms with Crippen LogP contribution in [0.15, 0.2) is 54.6 Å². The molecular weight excluding hydrogens is 447 g/mol. The zero-order chi connectivity index (χ0) is 24.9. The van der Waals surface area contributed by atoms with E-state index in [4.69, 9.17) is 5.73 Å². The molecule has 10 nitrogen and oxygen atoms in total. The van der Waals surface area contributed by atoms with Crippen molar-refractivity contribution in [2.75, 3.05) is 5.32 Å². The Hall–Kier alpha value is -3.54. The minimum absolute atomic E-state index is 0.0842. The van der Waals surface area contributed by atoms with Crippen LogP contribution in [0, 0.1) is 5.82 Å². The molecule has 1 fully saturated rings. The number of primary amides is 1. The lowest BCUT2D eigenvalue weighted by Gasteiger charge is -2.41. The van der Waals surface area contributed by atoms with E-state index in [9.17, 15) is 34.1 Å². The van der Waals surface area contributed by atoms with Crippen molar-refractivity contribution in [3.8, 4) is 0 Å². The molecular formula is C23H27FN4O6. The number of aliphatic hydroxyl groups is 3. The largest absolute Gasteiger partial charge is 0.390 e. The molecule has 3 rings (SSSR count). The maximum absolute atomic E-state index is 13.3. The normalized spacial score (nSPS) is 25.1. The van der Waals surface area contributed by atoms with Crippen LogP contribution in [0.1, 0.15) is 18.4 Å². The van der Waals surface area contributed by atoms with Crippen LogP contribution in [0.3, 0.4) is 0 Å². The molecule has 0 spiro atoms. The molecule has 8 N–H and O–H groups in total. The Labute approximate surface area is 195 Å². The molecule has 11 heteroatoms. The van der Waals surface area contributed by atoms with Crippen LogP contribution in [0.4, 0.5) is 14.9 Å². The summed E-state index contributed by atoms with van der Waals surface area (Å²) in [5, 5.41) is 38.7. The van der Waals surface area contributed by atoms with Gasteiger partial charge >= 0.3 is 6.03 Å². The van der Waals surface area contributed by atoms with E-state index in [0.717, 1.165) is 11.6 Å². The lowest BCUT2D eigenvalue weighted by molar-refractivity contribution is -0.158. The highest BCUT2D eigenvalue weighted by atomic mass is 19.1. The fourth-order valence-electron chi connectivity index (χ4n) is 3.89. The van der Waals surface area contributed by atoms with Gasteiger partial charge in [-0.3, -0.25) is 9.59 Å². The SMILES string of the molecule is NC(=O)C(Cc1ccccc1)NC(=O)C1(O)CC(O)C(O)C(NC(=O)Nc2cccc(F)c2)C1. The molecule has 0 heterocycles. The molecule has 1 aliphatic carbocycles. The molecule has 0 radical (unpaired) electrons. The minimum Gasteiger partial charge on any atom is -0.390 e. The van der Waals surface area contributed by atoms with Crippen molar-refractivity contribution in [3.05, 3.63) is 66.0 Å². The number of urea groups is 1. The van der Waals surface area contributed by atoms with E-state index in [0.29, 0.717) is 0 Å². The number of halogens is 1. The van der Waals surface area contributed by atoms with Crippen LogP contribution < -0.4 is 21.7 Å². The van der Waals surface area contributed by atoms with Gasteiger partial charge in [-0.2, -0.15) is 0 Å². The fourth-order valence-corrected chi connectivity index (χ4v) is 3.89. The monoisotopic (exact) mass is 474 g/mol. The number of nitrogens with two attached hydrogens (primary N) is 1. The van der Waals surface area contributed by atoms with Crippen molar-refractivity contribution >= 4 is 23.5 Å². The topological polar surface area (TPSA) is 174 Å². The molecule has 5 atom stereocenters. The van der Waals surface area contributed by atoms with Crippen LogP contribution >= 0.6 is 0 Å². The Balaban J connectivity index is 1.68. The minimum atomic E-state index is -2.21. The van der Waals surface area contributed by atoms with Crippen molar-refractivity contribution in [3.63, 3.8) is 0 Å². The van der Waals surface area contributed by atoms with Gasteiger partial charge in [0.1, 0.15) is 23.6 Å². The number of anilines is 1. The van der Waals surface area contributed by atoms with Crippen LogP contribution in [0.5, 0.6) is 0 Å². The second-order valence-electron chi connectivity index (χ2n) is 8.33. The van der Waals surface area contributed by atoms with Gasteiger partial charge < -0.3 is 37.0 Å². The average Bonchev–Trinajstić information content (AvgIpc) is 2.77. The highest BCUT2D eigenvalue weighted by Gasteiger charge is 2.49. The van der Waals surface area contributed by atoms with Crippen molar-refractivity contribution in [2.24, 2.45) is 5.73 Å². The van der Waals surface area contributed by atoms with Gasteiger partial charge in [0.25, 0.3) is 5.91 Å². The second kappa shape index (κ2) is 10.6. The van der Waals surface area contributed by atoms with Gasteiger partial charge in [-0.15, -0.1) is 0 Å². The Morgan fingerprint density at radius 3 is 2.44 bits per heavy atom. The molecule has 5 unspecified atom stereocenters. The third-order valence-corrected chi connectivity index (χ3v) is 5.66. The molecule has 0 aromatic heterocycles. The molecule has 182 valence electrons. The zero-order valence-corrected chi connectivity index (χ0v) is 18.1. The van der Waals surface area contributed by atoms with Gasteiger partial charge in [-0.25, -0.2) is 9.18 Å². The highest BCUT2D eigenvalue weighted by molar-refractivity contribution is 5.92. The maximum atomic E-state index is 13.3. The smallest absolute Gasteiger partial charge is 0.319 e. The van der Waals surface area contributed by atoms with E-state index < -0.39 is 66.4 Å². The number of nitrogens with one attached hydrogen (secondary N) is 3. The van der Waals surface area contributed by atoms with Crippen LogP contribution in [0.2, 0.25) is 0 Å². The number of amides is 4. The average molecular weight is 474 g/mol. The lowest BCUT2D eigenvalue weighted by atomic mass is 9.77. The predicted octanol–water partition coefficient (Wildman–Crippen LogP) is -0.225. The summed E-state index contributed by atoms with van der Waals surface area (Å²) in [4.78, 5) is 37.1. The first kappa shape index (κ1) is 25.1. The van der Waals surface area contributed by atoms with Crippen molar-refractivity contribution in [1.82, 2.24) is 10.6 Å². The number of benzene rings is 2. The van der Waals surface area contributed by atoms with Gasteiger partial charge in [0.2, 0.25) is 5.91 Å². The van der Waals surface area contributed by atoms with Crippen molar-refractivity contribution < 1.29 is 34.1 Å².